The van der Waals surface area contributed by atoms with E-state index in [0.717, 1.165) is 44.9 Å². The van der Waals surface area contributed by atoms with Gasteiger partial charge in [-0.2, -0.15) is 0 Å². The number of nitrogens with one attached hydrogen (secondary N) is 1. The molecule has 8 atom stereocenters. The number of allylic oxidation sites excluding steroid dienone is 3. The average Bonchev–Trinajstić information content (AvgIpc) is 3.17. The van der Waals surface area contributed by atoms with Crippen LogP contribution in [0.1, 0.15) is 174 Å². The summed E-state index contributed by atoms with van der Waals surface area (Å²) in [5.41, 5.74) is 0. The zero-order valence-electron chi connectivity index (χ0n) is 34.5. The van der Waals surface area contributed by atoms with E-state index >= 15 is 0 Å². The Kier molecular flexibility index (Phi) is 30.7. The molecule has 0 aromatic carbocycles. The zero-order valence-corrected chi connectivity index (χ0v) is 35.4. The van der Waals surface area contributed by atoms with Gasteiger partial charge in [0.15, 0.2) is 0 Å². The van der Waals surface area contributed by atoms with Crippen LogP contribution in [0, 0.1) is 0 Å². The van der Waals surface area contributed by atoms with E-state index < -0.39 is 75.2 Å². The van der Waals surface area contributed by atoms with E-state index in [0.29, 0.717) is 12.8 Å². The molecule has 0 saturated heterocycles. The van der Waals surface area contributed by atoms with Crippen LogP contribution < -0.4 is 5.32 Å². The van der Waals surface area contributed by atoms with Gasteiger partial charge in [-0.1, -0.05) is 160 Å². The van der Waals surface area contributed by atoms with Gasteiger partial charge in [0.05, 0.1) is 31.3 Å². The molecule has 14 heteroatoms. The van der Waals surface area contributed by atoms with Gasteiger partial charge in [-0.05, 0) is 32.1 Å². The number of carbonyl (C=O) groups excluding carboxylic acids is 1. The first-order valence-corrected chi connectivity index (χ1v) is 23.4. The van der Waals surface area contributed by atoms with Crippen molar-refractivity contribution in [1.82, 2.24) is 5.32 Å². The van der Waals surface area contributed by atoms with Crippen LogP contribution in [-0.2, 0) is 18.4 Å². The third-order valence-corrected chi connectivity index (χ3v) is 11.5. The number of rotatable bonds is 35. The molecule has 0 heterocycles. The predicted molar refractivity (Wildman–Crippen MR) is 220 cm³/mol. The van der Waals surface area contributed by atoms with Crippen molar-refractivity contribution < 1.29 is 59.0 Å². The molecule has 0 bridgehead atoms. The van der Waals surface area contributed by atoms with E-state index in [1.54, 1.807) is 6.08 Å². The Morgan fingerprint density at radius 2 is 1.05 bits per heavy atom. The fraction of sp³-hybridized carbons (Fsp3) is 0.881. The van der Waals surface area contributed by atoms with Crippen molar-refractivity contribution in [3.63, 3.8) is 0 Å². The average molecular weight is 822 g/mol. The van der Waals surface area contributed by atoms with Crippen LogP contribution in [0.2, 0.25) is 0 Å². The first kappa shape index (κ1) is 52.8. The monoisotopic (exact) mass is 822 g/mol. The van der Waals surface area contributed by atoms with Crippen LogP contribution in [0.5, 0.6) is 0 Å². The Morgan fingerprint density at radius 3 is 1.57 bits per heavy atom. The SMILES string of the molecule is CCCCCCC/C=C/CC/C=C/C(O)C(COP(=O)(O)OC1C(O)C(O)C(O)C(O)C1O)NC(=O)CC(O)CCCCCCCCCCCCCCCCC. The second-order valence-corrected chi connectivity index (χ2v) is 17.1. The van der Waals surface area contributed by atoms with Crippen LogP contribution in [0.15, 0.2) is 24.3 Å². The minimum atomic E-state index is -5.14. The standard InChI is InChI=1S/C42H80NO12P/c1-3-5-7-9-11-13-15-16-17-18-20-21-23-25-27-29-33(44)31-36(46)43-34(35(45)30-28-26-24-22-19-14-12-10-8-6-4-2)32-54-56(52,53)55-42-40(50)38(48)37(47)39(49)41(42)51/h19,22,28,30,33-35,37-42,44-45,47-51H,3-18,20-21,23-27,29,31-32H2,1-2H3,(H,43,46)(H,52,53)/b22-19+,30-28+. The normalized spacial score (nSPS) is 24.4. The molecule has 0 aromatic heterocycles. The Bertz CT molecular complexity index is 1060. The van der Waals surface area contributed by atoms with Gasteiger partial charge in [0.1, 0.15) is 36.6 Å². The highest BCUT2D eigenvalue weighted by Crippen LogP contribution is 2.47. The van der Waals surface area contributed by atoms with E-state index in [-0.39, 0.29) is 6.42 Å². The molecule has 330 valence electrons. The van der Waals surface area contributed by atoms with Gasteiger partial charge in [0.25, 0.3) is 0 Å². The second-order valence-electron chi connectivity index (χ2n) is 15.7. The maximum Gasteiger partial charge on any atom is 0.472 e. The van der Waals surface area contributed by atoms with Crippen LogP contribution in [0.4, 0.5) is 0 Å². The van der Waals surface area contributed by atoms with Gasteiger partial charge in [-0.15, -0.1) is 0 Å². The molecule has 1 rings (SSSR count). The molecule has 1 aliphatic rings. The van der Waals surface area contributed by atoms with E-state index in [1.165, 1.54) is 102 Å². The van der Waals surface area contributed by atoms with E-state index in [2.05, 4.69) is 31.3 Å². The van der Waals surface area contributed by atoms with Crippen LogP contribution >= 0.6 is 7.82 Å². The first-order chi connectivity index (χ1) is 26.8. The van der Waals surface area contributed by atoms with Crippen molar-refractivity contribution in [3.8, 4) is 0 Å². The fourth-order valence-electron chi connectivity index (χ4n) is 6.90. The number of amides is 1. The van der Waals surface area contributed by atoms with Crippen molar-refractivity contribution in [2.45, 2.75) is 229 Å². The number of unbranched alkanes of at least 4 members (excludes halogenated alkanes) is 20. The van der Waals surface area contributed by atoms with Crippen LogP contribution in [0.25, 0.3) is 0 Å². The number of hydrogen-bond acceptors (Lipinski definition) is 11. The third kappa shape index (κ3) is 24.6. The topological polar surface area (TPSA) is 226 Å². The smallest absolute Gasteiger partial charge is 0.393 e. The Labute approximate surface area is 337 Å². The summed E-state index contributed by atoms with van der Waals surface area (Å²) in [6.45, 7) is 3.68. The van der Waals surface area contributed by atoms with Gasteiger partial charge >= 0.3 is 7.82 Å². The lowest BCUT2D eigenvalue weighted by molar-refractivity contribution is -0.220. The minimum absolute atomic E-state index is 0.249. The van der Waals surface area contributed by atoms with E-state index in [4.69, 9.17) is 9.05 Å². The number of hydrogen-bond donors (Lipinski definition) is 9. The molecule has 1 saturated carbocycles. The number of aliphatic hydroxyl groups excluding tert-OH is 7. The van der Waals surface area contributed by atoms with Crippen molar-refractivity contribution in [2.24, 2.45) is 0 Å². The van der Waals surface area contributed by atoms with E-state index in [1.807, 2.05) is 0 Å². The van der Waals surface area contributed by atoms with Gasteiger partial charge < -0.3 is 46.0 Å². The quantitative estimate of drug-likeness (QED) is 0.0192. The van der Waals surface area contributed by atoms with Gasteiger partial charge in [-0.3, -0.25) is 13.8 Å². The molecular weight excluding hydrogens is 741 g/mol. The van der Waals surface area contributed by atoms with E-state index in [9.17, 15) is 50.0 Å². The summed E-state index contributed by atoms with van der Waals surface area (Å²) in [6, 6.07) is -1.25. The molecule has 1 fully saturated rings. The Morgan fingerprint density at radius 1 is 0.625 bits per heavy atom. The molecule has 0 aliphatic heterocycles. The highest BCUT2D eigenvalue weighted by molar-refractivity contribution is 7.47. The predicted octanol–water partition coefficient (Wildman–Crippen LogP) is 6.42. The van der Waals surface area contributed by atoms with Crippen molar-refractivity contribution in [3.05, 3.63) is 24.3 Å². The highest BCUT2D eigenvalue weighted by Gasteiger charge is 2.51. The molecule has 56 heavy (non-hydrogen) atoms. The van der Waals surface area contributed by atoms with Gasteiger partial charge in [0, 0.05) is 0 Å². The summed E-state index contributed by atoms with van der Waals surface area (Å²) < 4.78 is 22.8. The lowest BCUT2D eigenvalue weighted by atomic mass is 9.85. The fourth-order valence-corrected chi connectivity index (χ4v) is 7.87. The van der Waals surface area contributed by atoms with Crippen LogP contribution in [-0.4, -0.2) is 108 Å². The summed E-state index contributed by atoms with van der Waals surface area (Å²) in [5, 5.41) is 74.2. The third-order valence-electron chi connectivity index (χ3n) is 10.5. The maximum atomic E-state index is 12.9. The molecule has 0 spiro atoms. The molecule has 1 aliphatic carbocycles. The summed E-state index contributed by atoms with van der Waals surface area (Å²) in [4.78, 5) is 23.3. The van der Waals surface area contributed by atoms with Gasteiger partial charge in [0.2, 0.25) is 5.91 Å². The molecule has 0 radical (unpaired) electrons. The largest absolute Gasteiger partial charge is 0.472 e. The molecule has 1 amide bonds. The summed E-state index contributed by atoms with van der Waals surface area (Å²) in [5.74, 6) is -0.603. The minimum Gasteiger partial charge on any atom is -0.393 e. The zero-order chi connectivity index (χ0) is 41.6. The highest BCUT2D eigenvalue weighted by atomic mass is 31.2. The number of phosphoric ester groups is 1. The number of aliphatic hydroxyl groups is 7. The lowest BCUT2D eigenvalue weighted by Crippen LogP contribution is -2.64. The second kappa shape index (κ2) is 32.6. The summed E-state index contributed by atoms with van der Waals surface area (Å²) >= 11 is 0. The maximum absolute atomic E-state index is 12.9. The van der Waals surface area contributed by atoms with Crippen LogP contribution in [0.3, 0.4) is 0 Å². The van der Waals surface area contributed by atoms with Crippen molar-refractivity contribution in [1.29, 1.82) is 0 Å². The van der Waals surface area contributed by atoms with Gasteiger partial charge in [-0.25, -0.2) is 4.57 Å². The molecule has 8 unspecified atom stereocenters. The molecular formula is C42H80NO12P. The number of phosphoric acid groups is 1. The molecule has 13 nitrogen and oxygen atoms in total. The van der Waals surface area contributed by atoms with Crippen molar-refractivity contribution in [2.75, 3.05) is 6.61 Å². The number of carbonyl (C=O) groups is 1. The summed E-state index contributed by atoms with van der Waals surface area (Å²) in [7, 11) is -5.14. The first-order valence-electron chi connectivity index (χ1n) is 21.9. The molecule has 9 N–H and O–H groups in total. The van der Waals surface area contributed by atoms with Crippen molar-refractivity contribution >= 4 is 13.7 Å². The summed E-state index contributed by atoms with van der Waals surface area (Å²) in [6.07, 6.45) is 20.0. The Hall–Kier alpha value is -1.22. The molecule has 0 aromatic rings. The lowest BCUT2D eigenvalue weighted by Gasteiger charge is -2.41. The Balaban J connectivity index is 2.58.